The topological polar surface area (TPSA) is 43.4 Å². The molecule has 0 heterocycles. The van der Waals surface area contributed by atoms with Crippen LogP contribution in [0.4, 0.5) is 0 Å². The molecule has 0 amide bonds. The van der Waals surface area contributed by atoms with Gasteiger partial charge in [0, 0.05) is 11.1 Å². The molecule has 0 aliphatic heterocycles. The molecule has 0 N–H and O–H groups in total. The summed E-state index contributed by atoms with van der Waals surface area (Å²) in [6, 6.07) is 16.5. The van der Waals surface area contributed by atoms with Crippen LogP contribution in [-0.4, -0.2) is 18.4 Å². The van der Waals surface area contributed by atoms with Gasteiger partial charge in [-0.2, -0.15) is 0 Å². The van der Waals surface area contributed by atoms with Crippen LogP contribution < -0.4 is 0 Å². The molecule has 0 radical (unpaired) electrons. The molecule has 3 heteroatoms. The first kappa shape index (κ1) is 22.9. The van der Waals surface area contributed by atoms with Gasteiger partial charge in [0.2, 0.25) is 0 Å². The van der Waals surface area contributed by atoms with E-state index in [2.05, 4.69) is 6.92 Å². The second-order valence-corrected chi connectivity index (χ2v) is 7.68. The molecular weight excluding hydrogens is 360 g/mol. The smallest absolute Gasteiger partial charge is 0.313 e. The highest BCUT2D eigenvalue weighted by molar-refractivity contribution is 6.09. The van der Waals surface area contributed by atoms with Crippen molar-refractivity contribution in [2.75, 3.05) is 6.61 Å². The number of hydrogen-bond acceptors (Lipinski definition) is 3. The number of ketones is 1. The summed E-state index contributed by atoms with van der Waals surface area (Å²) in [5.74, 6) is -0.642. The Kier molecular flexibility index (Phi) is 10.2. The lowest BCUT2D eigenvalue weighted by Crippen LogP contribution is -2.14. The van der Waals surface area contributed by atoms with Crippen molar-refractivity contribution in [1.82, 2.24) is 0 Å². The van der Waals surface area contributed by atoms with Crippen molar-refractivity contribution < 1.29 is 14.3 Å². The summed E-state index contributed by atoms with van der Waals surface area (Å²) in [6.45, 7) is 4.54. The van der Waals surface area contributed by atoms with Gasteiger partial charge in [0.25, 0.3) is 0 Å². The van der Waals surface area contributed by atoms with Crippen LogP contribution in [0.3, 0.4) is 0 Å². The first-order valence-electron chi connectivity index (χ1n) is 11.0. The van der Waals surface area contributed by atoms with Gasteiger partial charge in [0.1, 0.15) is 0 Å². The highest BCUT2D eigenvalue weighted by Crippen LogP contribution is 2.20. The number of carbonyl (C=O) groups excluding carboxylic acids is 2. The first-order valence-corrected chi connectivity index (χ1v) is 11.0. The summed E-state index contributed by atoms with van der Waals surface area (Å²) in [4.78, 5) is 25.0. The molecule has 1 unspecified atom stereocenters. The molecule has 156 valence electrons. The standard InChI is InChI=1S/C26H34O3/c1-3-4-5-6-7-8-9-13-19-29-26(28)21(2)23-17-14-18-24(20-23)25(27)22-15-11-10-12-16-22/h10-12,14-18,20-21H,3-9,13,19H2,1-2H3. The van der Waals surface area contributed by atoms with Crippen LogP contribution in [-0.2, 0) is 9.53 Å². The fourth-order valence-corrected chi connectivity index (χ4v) is 3.38. The molecule has 0 aromatic heterocycles. The van der Waals surface area contributed by atoms with Gasteiger partial charge in [-0.05, 0) is 25.0 Å². The lowest BCUT2D eigenvalue weighted by Gasteiger charge is -2.13. The van der Waals surface area contributed by atoms with E-state index in [9.17, 15) is 9.59 Å². The molecular formula is C26H34O3. The van der Waals surface area contributed by atoms with Crippen LogP contribution in [0.1, 0.15) is 92.6 Å². The van der Waals surface area contributed by atoms with E-state index in [1.54, 1.807) is 24.3 Å². The number of hydrogen-bond donors (Lipinski definition) is 0. The minimum Gasteiger partial charge on any atom is -0.465 e. The average Bonchev–Trinajstić information content (AvgIpc) is 2.77. The van der Waals surface area contributed by atoms with Gasteiger partial charge in [0.05, 0.1) is 12.5 Å². The molecule has 29 heavy (non-hydrogen) atoms. The lowest BCUT2D eigenvalue weighted by molar-refractivity contribution is -0.145. The molecule has 3 nitrogen and oxygen atoms in total. The molecule has 1 atom stereocenters. The summed E-state index contributed by atoms with van der Waals surface area (Å²) in [5.41, 5.74) is 2.05. The van der Waals surface area contributed by atoms with E-state index in [4.69, 9.17) is 4.74 Å². The molecule has 0 fully saturated rings. The number of esters is 1. The molecule has 2 aromatic carbocycles. The summed E-state index contributed by atoms with van der Waals surface area (Å²) in [5, 5.41) is 0. The SMILES string of the molecule is CCCCCCCCCCOC(=O)C(C)c1cccc(C(=O)c2ccccc2)c1. The maximum Gasteiger partial charge on any atom is 0.313 e. The van der Waals surface area contributed by atoms with Gasteiger partial charge >= 0.3 is 5.97 Å². The normalized spacial score (nSPS) is 11.8. The van der Waals surface area contributed by atoms with E-state index in [1.807, 2.05) is 37.3 Å². The third-order valence-electron chi connectivity index (χ3n) is 5.28. The zero-order valence-corrected chi connectivity index (χ0v) is 17.9. The molecule has 0 saturated carbocycles. The van der Waals surface area contributed by atoms with Crippen LogP contribution in [0.2, 0.25) is 0 Å². The first-order chi connectivity index (χ1) is 14.1. The fraction of sp³-hybridized carbons (Fsp3) is 0.462. The second-order valence-electron chi connectivity index (χ2n) is 7.68. The molecule has 2 rings (SSSR count). The number of unbranched alkanes of at least 4 members (excludes halogenated alkanes) is 7. The zero-order chi connectivity index (χ0) is 20.9. The van der Waals surface area contributed by atoms with Crippen molar-refractivity contribution in [1.29, 1.82) is 0 Å². The van der Waals surface area contributed by atoms with Gasteiger partial charge in [-0.1, -0.05) is 100 Å². The summed E-state index contributed by atoms with van der Waals surface area (Å²) >= 11 is 0. The van der Waals surface area contributed by atoms with Crippen LogP contribution >= 0.6 is 0 Å². The number of ether oxygens (including phenoxy) is 1. The number of rotatable bonds is 13. The van der Waals surface area contributed by atoms with Crippen LogP contribution in [0.5, 0.6) is 0 Å². The molecule has 0 bridgehead atoms. The van der Waals surface area contributed by atoms with Gasteiger partial charge in [-0.15, -0.1) is 0 Å². The van der Waals surface area contributed by atoms with Crippen molar-refractivity contribution in [2.45, 2.75) is 71.1 Å². The van der Waals surface area contributed by atoms with Crippen molar-refractivity contribution in [3.05, 3.63) is 71.3 Å². The Morgan fingerprint density at radius 2 is 1.41 bits per heavy atom. The third-order valence-corrected chi connectivity index (χ3v) is 5.28. The largest absolute Gasteiger partial charge is 0.465 e. The fourth-order valence-electron chi connectivity index (χ4n) is 3.38. The summed E-state index contributed by atoms with van der Waals surface area (Å²) < 4.78 is 5.46. The van der Waals surface area contributed by atoms with E-state index in [0.29, 0.717) is 17.7 Å². The predicted octanol–water partition coefficient (Wildman–Crippen LogP) is 6.71. The van der Waals surface area contributed by atoms with E-state index in [1.165, 1.54) is 38.5 Å². The minimum absolute atomic E-state index is 0.0352. The minimum atomic E-state index is -0.382. The maximum absolute atomic E-state index is 12.6. The van der Waals surface area contributed by atoms with E-state index >= 15 is 0 Å². The quantitative estimate of drug-likeness (QED) is 0.215. The lowest BCUT2D eigenvalue weighted by atomic mass is 9.96. The Morgan fingerprint density at radius 1 is 0.793 bits per heavy atom. The Labute approximate surface area is 175 Å². The predicted molar refractivity (Wildman–Crippen MR) is 118 cm³/mol. The van der Waals surface area contributed by atoms with Crippen molar-refractivity contribution in [3.63, 3.8) is 0 Å². The van der Waals surface area contributed by atoms with Crippen molar-refractivity contribution in [3.8, 4) is 0 Å². The monoisotopic (exact) mass is 394 g/mol. The molecule has 2 aromatic rings. The van der Waals surface area contributed by atoms with E-state index in [-0.39, 0.29) is 17.7 Å². The van der Waals surface area contributed by atoms with Crippen molar-refractivity contribution in [2.24, 2.45) is 0 Å². The van der Waals surface area contributed by atoms with Gasteiger partial charge in [-0.25, -0.2) is 0 Å². The molecule has 0 spiro atoms. The van der Waals surface area contributed by atoms with Gasteiger partial charge < -0.3 is 4.74 Å². The zero-order valence-electron chi connectivity index (χ0n) is 17.9. The van der Waals surface area contributed by atoms with E-state index in [0.717, 1.165) is 18.4 Å². The maximum atomic E-state index is 12.6. The van der Waals surface area contributed by atoms with Crippen LogP contribution in [0, 0.1) is 0 Å². The second kappa shape index (κ2) is 12.9. The number of benzene rings is 2. The van der Waals surface area contributed by atoms with Crippen LogP contribution in [0.15, 0.2) is 54.6 Å². The van der Waals surface area contributed by atoms with Gasteiger partial charge in [-0.3, -0.25) is 9.59 Å². The van der Waals surface area contributed by atoms with Gasteiger partial charge in [0.15, 0.2) is 5.78 Å². The van der Waals surface area contributed by atoms with Crippen molar-refractivity contribution >= 4 is 11.8 Å². The Balaban J connectivity index is 1.77. The Hall–Kier alpha value is -2.42. The van der Waals surface area contributed by atoms with Crippen LogP contribution in [0.25, 0.3) is 0 Å². The Bertz CT molecular complexity index is 752. The highest BCUT2D eigenvalue weighted by Gasteiger charge is 2.18. The molecule has 0 aliphatic carbocycles. The third kappa shape index (κ3) is 7.84. The highest BCUT2D eigenvalue weighted by atomic mass is 16.5. The molecule has 0 aliphatic rings. The Morgan fingerprint density at radius 3 is 2.10 bits per heavy atom. The van der Waals surface area contributed by atoms with E-state index < -0.39 is 0 Å². The summed E-state index contributed by atoms with van der Waals surface area (Å²) in [6.07, 6.45) is 9.74. The molecule has 0 saturated heterocycles. The number of carbonyl (C=O) groups is 2. The average molecular weight is 395 g/mol. The summed E-state index contributed by atoms with van der Waals surface area (Å²) in [7, 11) is 0.